The summed E-state index contributed by atoms with van der Waals surface area (Å²) in [7, 11) is -3.20. The lowest BCUT2D eigenvalue weighted by atomic mass is 10.3. The van der Waals surface area contributed by atoms with Crippen LogP contribution in [0.2, 0.25) is 4.34 Å². The Labute approximate surface area is 98.0 Å². The highest BCUT2D eigenvalue weighted by atomic mass is 35.5. The van der Waals surface area contributed by atoms with Crippen molar-refractivity contribution >= 4 is 33.1 Å². The van der Waals surface area contributed by atoms with Gasteiger partial charge in [0.15, 0.2) is 0 Å². The first kappa shape index (κ1) is 11.3. The van der Waals surface area contributed by atoms with Gasteiger partial charge in [0, 0.05) is 24.5 Å². The molecule has 0 aliphatic carbocycles. The summed E-state index contributed by atoms with van der Waals surface area (Å²) in [6.45, 7) is 1.70. The lowest BCUT2D eigenvalue weighted by Crippen LogP contribution is -2.31. The van der Waals surface area contributed by atoms with E-state index < -0.39 is 10.2 Å². The molecule has 0 bridgehead atoms. The second-order valence-corrected chi connectivity index (χ2v) is 6.81. The molecule has 1 saturated heterocycles. The van der Waals surface area contributed by atoms with E-state index in [9.17, 15) is 8.42 Å². The molecule has 1 aliphatic rings. The van der Waals surface area contributed by atoms with Gasteiger partial charge in [-0.05, 0) is 18.6 Å². The topological polar surface area (TPSA) is 49.2 Å². The highest BCUT2D eigenvalue weighted by molar-refractivity contribution is 7.87. The van der Waals surface area contributed by atoms with Crippen molar-refractivity contribution in [1.82, 2.24) is 9.03 Å². The minimum atomic E-state index is -3.20. The maximum absolute atomic E-state index is 11.4. The first-order valence-corrected chi connectivity index (χ1v) is 7.20. The number of nitrogens with one attached hydrogen (secondary N) is 1. The minimum Gasteiger partial charge on any atom is -0.202 e. The summed E-state index contributed by atoms with van der Waals surface area (Å²) in [4.78, 5) is 1.09. The van der Waals surface area contributed by atoms with Gasteiger partial charge in [0.1, 0.15) is 0 Å². The Morgan fingerprint density at radius 2 is 2.20 bits per heavy atom. The molecule has 7 heteroatoms. The van der Waals surface area contributed by atoms with Gasteiger partial charge in [-0.25, -0.2) is 4.72 Å². The molecule has 0 amide bonds. The van der Waals surface area contributed by atoms with Crippen LogP contribution < -0.4 is 4.72 Å². The van der Waals surface area contributed by atoms with E-state index in [-0.39, 0.29) is 0 Å². The van der Waals surface area contributed by atoms with Crippen molar-refractivity contribution in [2.24, 2.45) is 0 Å². The van der Waals surface area contributed by atoms with Crippen LogP contribution in [0.5, 0.6) is 0 Å². The van der Waals surface area contributed by atoms with Gasteiger partial charge in [-0.2, -0.15) is 12.7 Å². The Morgan fingerprint density at radius 1 is 1.47 bits per heavy atom. The zero-order chi connectivity index (χ0) is 10.9. The number of hydrogen-bond acceptors (Lipinski definition) is 3. The van der Waals surface area contributed by atoms with Crippen LogP contribution in [0.1, 0.15) is 4.88 Å². The number of nitrogens with zero attached hydrogens (tertiary/aromatic N) is 1. The summed E-state index contributed by atoms with van der Waals surface area (Å²) in [6, 6.07) is 3.74. The smallest absolute Gasteiger partial charge is 0.202 e. The Hall–Kier alpha value is -0.140. The quantitative estimate of drug-likeness (QED) is 0.812. The van der Waals surface area contributed by atoms with E-state index in [1.807, 2.05) is 12.1 Å². The molecule has 1 aromatic rings. The van der Waals surface area contributed by atoms with Gasteiger partial charge in [-0.1, -0.05) is 11.6 Å². The molecule has 84 valence electrons. The molecule has 0 atom stereocenters. The number of halogens is 1. The monoisotopic (exact) mass is 266 g/mol. The largest absolute Gasteiger partial charge is 0.279 e. The van der Waals surface area contributed by atoms with Crippen molar-refractivity contribution in [2.75, 3.05) is 19.6 Å². The second kappa shape index (κ2) is 4.39. The summed E-state index contributed by atoms with van der Waals surface area (Å²) >= 11 is 7.24. The minimum absolute atomic E-state index is 0.426. The molecule has 15 heavy (non-hydrogen) atoms. The molecule has 1 N–H and O–H groups in total. The Balaban J connectivity index is 1.79. The van der Waals surface area contributed by atoms with Crippen molar-refractivity contribution in [3.8, 4) is 0 Å². The maximum atomic E-state index is 11.4. The van der Waals surface area contributed by atoms with Crippen LogP contribution in [-0.4, -0.2) is 32.4 Å². The highest BCUT2D eigenvalue weighted by Gasteiger charge is 2.30. The fourth-order valence-corrected chi connectivity index (χ4v) is 3.35. The van der Waals surface area contributed by atoms with Gasteiger partial charge in [0.05, 0.1) is 4.34 Å². The fraction of sp³-hybridized carbons (Fsp3) is 0.500. The van der Waals surface area contributed by atoms with Crippen LogP contribution in [-0.2, 0) is 16.6 Å². The van der Waals surface area contributed by atoms with Crippen LogP contribution in [0.4, 0.5) is 0 Å². The molecule has 1 fully saturated rings. The standard InChI is InChI=1S/C8H11ClN2O2S2/c9-8-2-1-7(14-8)3-4-10-15(12,13)11-5-6-11/h1-2,10H,3-6H2. The van der Waals surface area contributed by atoms with E-state index in [1.165, 1.54) is 15.6 Å². The van der Waals surface area contributed by atoms with E-state index in [2.05, 4.69) is 4.72 Å². The number of thiophene rings is 1. The number of rotatable bonds is 5. The lowest BCUT2D eigenvalue weighted by molar-refractivity contribution is 0.547. The van der Waals surface area contributed by atoms with Gasteiger partial charge in [-0.3, -0.25) is 0 Å². The second-order valence-electron chi connectivity index (χ2n) is 3.25. The fourth-order valence-electron chi connectivity index (χ4n) is 1.16. The molecule has 1 aliphatic heterocycles. The maximum Gasteiger partial charge on any atom is 0.279 e. The summed E-state index contributed by atoms with van der Waals surface area (Å²) in [5.41, 5.74) is 0. The first-order valence-electron chi connectivity index (χ1n) is 4.57. The molecular weight excluding hydrogens is 256 g/mol. The van der Waals surface area contributed by atoms with Crippen molar-refractivity contribution < 1.29 is 8.42 Å². The van der Waals surface area contributed by atoms with Crippen LogP contribution in [0, 0.1) is 0 Å². The van der Waals surface area contributed by atoms with Gasteiger partial charge >= 0.3 is 0 Å². The predicted molar refractivity (Wildman–Crippen MR) is 61.5 cm³/mol. The third kappa shape index (κ3) is 3.15. The van der Waals surface area contributed by atoms with Gasteiger partial charge < -0.3 is 0 Å². The van der Waals surface area contributed by atoms with E-state index in [0.717, 1.165) is 9.21 Å². The zero-order valence-electron chi connectivity index (χ0n) is 7.94. The van der Waals surface area contributed by atoms with E-state index in [4.69, 9.17) is 11.6 Å². The van der Waals surface area contributed by atoms with Crippen molar-refractivity contribution in [3.63, 3.8) is 0 Å². The molecule has 2 heterocycles. The molecule has 4 nitrogen and oxygen atoms in total. The Bertz CT molecular complexity index is 439. The number of hydrogen-bond donors (Lipinski definition) is 1. The summed E-state index contributed by atoms with van der Waals surface area (Å²) in [5.74, 6) is 0. The SMILES string of the molecule is O=S(=O)(NCCc1ccc(Cl)s1)N1CC1. The average molecular weight is 267 g/mol. The third-order valence-electron chi connectivity index (χ3n) is 2.03. The highest BCUT2D eigenvalue weighted by Crippen LogP contribution is 2.21. The molecule has 0 aromatic carbocycles. The third-order valence-corrected chi connectivity index (χ3v) is 4.94. The van der Waals surface area contributed by atoms with Crippen LogP contribution in [0.3, 0.4) is 0 Å². The molecule has 0 radical (unpaired) electrons. The van der Waals surface area contributed by atoms with Crippen molar-refractivity contribution in [3.05, 3.63) is 21.3 Å². The van der Waals surface area contributed by atoms with Crippen LogP contribution >= 0.6 is 22.9 Å². The van der Waals surface area contributed by atoms with E-state index >= 15 is 0 Å². The molecule has 2 rings (SSSR count). The van der Waals surface area contributed by atoms with E-state index in [0.29, 0.717) is 26.1 Å². The molecular formula is C8H11ClN2O2S2. The summed E-state index contributed by atoms with van der Waals surface area (Å²) in [6.07, 6.45) is 0.685. The summed E-state index contributed by atoms with van der Waals surface area (Å²) in [5, 5.41) is 0. The molecule has 0 unspecified atom stereocenters. The average Bonchev–Trinajstić information content (AvgIpc) is 2.92. The van der Waals surface area contributed by atoms with E-state index in [1.54, 1.807) is 0 Å². The Morgan fingerprint density at radius 3 is 2.73 bits per heavy atom. The predicted octanol–water partition coefficient (Wildman–Crippen LogP) is 1.09. The summed E-state index contributed by atoms with van der Waals surface area (Å²) < 4.78 is 27.4. The van der Waals surface area contributed by atoms with Gasteiger partial charge in [-0.15, -0.1) is 11.3 Å². The van der Waals surface area contributed by atoms with Crippen LogP contribution in [0.25, 0.3) is 0 Å². The normalized spacial score (nSPS) is 16.9. The zero-order valence-corrected chi connectivity index (χ0v) is 10.3. The molecule has 0 saturated carbocycles. The molecule has 1 aromatic heterocycles. The first-order chi connectivity index (χ1) is 7.08. The lowest BCUT2D eigenvalue weighted by Gasteiger charge is -2.04. The van der Waals surface area contributed by atoms with Gasteiger partial charge in [0.2, 0.25) is 0 Å². The molecule has 0 spiro atoms. The van der Waals surface area contributed by atoms with Gasteiger partial charge in [0.25, 0.3) is 10.2 Å². The Kier molecular flexibility index (Phi) is 3.32. The van der Waals surface area contributed by atoms with Crippen LogP contribution in [0.15, 0.2) is 12.1 Å². The van der Waals surface area contributed by atoms with Crippen molar-refractivity contribution in [2.45, 2.75) is 6.42 Å². The van der Waals surface area contributed by atoms with Crippen molar-refractivity contribution in [1.29, 1.82) is 0 Å².